The van der Waals surface area contributed by atoms with Crippen molar-refractivity contribution in [1.82, 2.24) is 20.9 Å². The summed E-state index contributed by atoms with van der Waals surface area (Å²) in [5, 5.41) is 31.6. The highest BCUT2D eigenvalue weighted by Gasteiger charge is 2.27. The molecule has 42 heavy (non-hydrogen) atoms. The van der Waals surface area contributed by atoms with E-state index in [1.54, 1.807) is 39.1 Å². The van der Waals surface area contributed by atoms with E-state index in [2.05, 4.69) is 32.8 Å². The number of carbonyl (C=O) groups is 5. The Morgan fingerprint density at radius 1 is 1.05 bits per heavy atom. The SMILES string of the molecule is C=C1N[C@@H](C)C(=O)C[C@@H](C)C(=O)N[C@H](C(=O)CCC(=O)O)Cc2ccc(O)c(c2)Cc2cnc(s2)NCC(=O)N[C@H]1C. The molecule has 4 atom stereocenters. The van der Waals surface area contributed by atoms with Gasteiger partial charge in [-0.25, -0.2) is 4.98 Å². The van der Waals surface area contributed by atoms with E-state index < -0.39 is 41.7 Å². The van der Waals surface area contributed by atoms with Crippen LogP contribution in [0.3, 0.4) is 0 Å². The van der Waals surface area contributed by atoms with Crippen LogP contribution in [0.1, 0.15) is 56.0 Å². The minimum atomic E-state index is -1.13. The van der Waals surface area contributed by atoms with Crippen LogP contribution in [0.5, 0.6) is 5.75 Å². The largest absolute Gasteiger partial charge is 0.508 e. The summed E-state index contributed by atoms with van der Waals surface area (Å²) >= 11 is 1.32. The third kappa shape index (κ3) is 9.40. The van der Waals surface area contributed by atoms with E-state index in [4.69, 9.17) is 5.11 Å². The van der Waals surface area contributed by atoms with E-state index in [9.17, 15) is 29.1 Å². The van der Waals surface area contributed by atoms with E-state index in [-0.39, 0.29) is 49.7 Å². The lowest BCUT2D eigenvalue weighted by molar-refractivity contribution is -0.139. The fourth-order valence-electron chi connectivity index (χ4n) is 4.36. The number of phenolic OH excluding ortho intramolecular Hbond substituents is 1. The molecule has 0 saturated heterocycles. The smallest absolute Gasteiger partial charge is 0.303 e. The molecule has 1 aliphatic heterocycles. The minimum absolute atomic E-state index is 0.0380. The van der Waals surface area contributed by atoms with Gasteiger partial charge in [0.1, 0.15) is 5.75 Å². The van der Waals surface area contributed by atoms with Crippen LogP contribution >= 0.6 is 11.3 Å². The van der Waals surface area contributed by atoms with Gasteiger partial charge in [-0.05, 0) is 37.5 Å². The number of hydrogen-bond acceptors (Lipinski definition) is 10. The zero-order valence-corrected chi connectivity index (χ0v) is 24.7. The van der Waals surface area contributed by atoms with Gasteiger partial charge in [0.15, 0.2) is 16.7 Å². The number of aromatic nitrogens is 1. The number of hydrogen-bond donors (Lipinski definition) is 6. The van der Waals surface area contributed by atoms with Crippen LogP contribution in [0.15, 0.2) is 36.7 Å². The molecule has 0 unspecified atom stereocenters. The molecular formula is C29H37N5O7S. The molecule has 2 amide bonds. The van der Waals surface area contributed by atoms with Gasteiger partial charge in [-0.1, -0.05) is 25.6 Å². The number of nitrogens with zero attached hydrogens (tertiary/aromatic N) is 1. The van der Waals surface area contributed by atoms with Crippen molar-refractivity contribution in [2.75, 3.05) is 11.9 Å². The number of Topliss-reactive ketones (excluding diaryl/α,β-unsaturated/α-hetero) is 2. The summed E-state index contributed by atoms with van der Waals surface area (Å²) in [5.74, 6) is -3.40. The zero-order chi connectivity index (χ0) is 31.0. The van der Waals surface area contributed by atoms with Crippen LogP contribution in [-0.4, -0.2) is 69.2 Å². The normalized spacial score (nSPS) is 22.8. The summed E-state index contributed by atoms with van der Waals surface area (Å²) < 4.78 is 0. The number of ketones is 2. The van der Waals surface area contributed by atoms with Crippen molar-refractivity contribution in [2.24, 2.45) is 5.92 Å². The number of carboxylic acid groups (broad SMARTS) is 1. The molecule has 2 aromatic rings. The van der Waals surface area contributed by atoms with Gasteiger partial charge >= 0.3 is 5.97 Å². The summed E-state index contributed by atoms with van der Waals surface area (Å²) in [6.07, 6.45) is 1.26. The average molecular weight is 600 g/mol. The number of carboxylic acids is 1. The second-order valence-corrected chi connectivity index (χ2v) is 11.6. The molecule has 0 radical (unpaired) electrons. The second kappa shape index (κ2) is 14.6. The number of carbonyl (C=O) groups excluding carboxylic acids is 4. The highest BCUT2D eigenvalue weighted by Crippen LogP contribution is 2.27. The molecule has 1 aromatic carbocycles. The molecule has 13 heteroatoms. The first-order valence-corrected chi connectivity index (χ1v) is 14.5. The molecule has 0 spiro atoms. The molecule has 0 aliphatic carbocycles. The maximum Gasteiger partial charge on any atom is 0.303 e. The maximum atomic E-state index is 13.1. The summed E-state index contributed by atoms with van der Waals surface area (Å²) in [7, 11) is 0. The van der Waals surface area contributed by atoms with Gasteiger partial charge in [0.05, 0.1) is 31.1 Å². The number of aromatic hydroxyl groups is 1. The number of anilines is 1. The van der Waals surface area contributed by atoms with Gasteiger partial charge in [-0.3, -0.25) is 24.0 Å². The predicted molar refractivity (Wildman–Crippen MR) is 157 cm³/mol. The highest BCUT2D eigenvalue weighted by atomic mass is 32.1. The molecule has 0 saturated carbocycles. The lowest BCUT2D eigenvalue weighted by atomic mass is 9.95. The number of phenols is 1. The number of nitrogens with one attached hydrogen (secondary N) is 4. The molecule has 4 bridgehead atoms. The van der Waals surface area contributed by atoms with Crippen molar-refractivity contribution in [3.8, 4) is 5.75 Å². The van der Waals surface area contributed by atoms with Crippen molar-refractivity contribution < 1.29 is 34.2 Å². The second-order valence-electron chi connectivity index (χ2n) is 10.5. The highest BCUT2D eigenvalue weighted by molar-refractivity contribution is 7.15. The van der Waals surface area contributed by atoms with E-state index in [1.165, 1.54) is 17.4 Å². The first kappa shape index (κ1) is 32.3. The van der Waals surface area contributed by atoms with Gasteiger partial charge in [0.2, 0.25) is 11.8 Å². The van der Waals surface area contributed by atoms with Crippen molar-refractivity contribution in [3.05, 3.63) is 52.7 Å². The minimum Gasteiger partial charge on any atom is -0.508 e. The first-order valence-electron chi connectivity index (χ1n) is 13.6. The van der Waals surface area contributed by atoms with Gasteiger partial charge < -0.3 is 31.5 Å². The van der Waals surface area contributed by atoms with Crippen LogP contribution in [0.2, 0.25) is 0 Å². The standard InChI is InChI=1S/C29H37N5O7S/c1-15-9-25(37)18(4)32-16(2)17(3)33-26(38)14-31-29-30-13-21(42-29)12-20-10-19(5-6-23(20)35)11-22(34-28(15)41)24(36)7-8-27(39)40/h5-6,10,13,15,17-18,22,32,35H,2,7-9,11-12,14H2,1,3-4H3,(H,30,31)(H,33,38)(H,34,41)(H,39,40)/t15-,17+,18+,22+/m1/s1. The van der Waals surface area contributed by atoms with Crippen LogP contribution in [-0.2, 0) is 36.8 Å². The monoisotopic (exact) mass is 599 g/mol. The predicted octanol–water partition coefficient (Wildman–Crippen LogP) is 1.92. The van der Waals surface area contributed by atoms with Crippen LogP contribution in [0.4, 0.5) is 5.13 Å². The lowest BCUT2D eigenvalue weighted by Crippen LogP contribution is -2.46. The third-order valence-electron chi connectivity index (χ3n) is 6.93. The maximum absolute atomic E-state index is 13.1. The van der Waals surface area contributed by atoms with Gasteiger partial charge in [-0.15, -0.1) is 11.3 Å². The third-order valence-corrected chi connectivity index (χ3v) is 7.89. The summed E-state index contributed by atoms with van der Waals surface area (Å²) in [6, 6.07) is 2.64. The Morgan fingerprint density at radius 2 is 1.79 bits per heavy atom. The van der Waals surface area contributed by atoms with Crippen LogP contribution < -0.4 is 21.3 Å². The van der Waals surface area contributed by atoms with E-state index in [1.807, 2.05) is 0 Å². The number of aliphatic carboxylic acids is 1. The van der Waals surface area contributed by atoms with Gasteiger partial charge in [0, 0.05) is 42.0 Å². The number of amides is 2. The Hall–Kier alpha value is -4.26. The molecular weight excluding hydrogens is 562 g/mol. The van der Waals surface area contributed by atoms with Crippen LogP contribution in [0, 0.1) is 5.92 Å². The fraction of sp³-hybridized carbons (Fsp3) is 0.448. The number of fused-ring (bicyclic) bond motifs is 4. The quantitative estimate of drug-likeness (QED) is 0.303. The summed E-state index contributed by atoms with van der Waals surface area (Å²) in [6.45, 7) is 8.82. The summed E-state index contributed by atoms with van der Waals surface area (Å²) in [5.41, 5.74) is 1.64. The van der Waals surface area contributed by atoms with E-state index >= 15 is 0 Å². The number of thiazole rings is 1. The number of rotatable bonds is 4. The Balaban J connectivity index is 1.91. The van der Waals surface area contributed by atoms with Gasteiger partial charge in [0.25, 0.3) is 0 Å². The molecule has 3 rings (SSSR count). The first-order chi connectivity index (χ1) is 19.8. The van der Waals surface area contributed by atoms with Crippen molar-refractivity contribution in [2.45, 2.75) is 71.0 Å². The van der Waals surface area contributed by atoms with Crippen molar-refractivity contribution in [1.29, 1.82) is 0 Å². The zero-order valence-electron chi connectivity index (χ0n) is 23.9. The molecule has 226 valence electrons. The Kier molecular flexibility index (Phi) is 11.2. The average Bonchev–Trinajstić information content (AvgIpc) is 3.38. The van der Waals surface area contributed by atoms with Gasteiger partial charge in [-0.2, -0.15) is 0 Å². The number of benzene rings is 1. The molecule has 1 aromatic heterocycles. The Morgan fingerprint density at radius 3 is 2.50 bits per heavy atom. The van der Waals surface area contributed by atoms with Crippen molar-refractivity contribution in [3.63, 3.8) is 0 Å². The molecule has 12 nitrogen and oxygen atoms in total. The molecule has 6 N–H and O–H groups in total. The van der Waals surface area contributed by atoms with E-state index in [0.717, 1.165) is 4.88 Å². The fourth-order valence-corrected chi connectivity index (χ4v) is 5.19. The molecule has 1 aliphatic rings. The molecule has 2 heterocycles. The van der Waals surface area contributed by atoms with Crippen molar-refractivity contribution >= 4 is 45.8 Å². The summed E-state index contributed by atoms with van der Waals surface area (Å²) in [4.78, 5) is 67.7. The Labute approximate surface area is 248 Å². The van der Waals surface area contributed by atoms with E-state index in [0.29, 0.717) is 28.4 Å². The van der Waals surface area contributed by atoms with Crippen LogP contribution in [0.25, 0.3) is 0 Å². The molecule has 0 fully saturated rings. The lowest BCUT2D eigenvalue weighted by Gasteiger charge is -2.24. The topological polar surface area (TPSA) is 187 Å². The Bertz CT molecular complexity index is 1360.